The Labute approximate surface area is 133 Å². The first kappa shape index (κ1) is 15.5. The second kappa shape index (κ2) is 6.39. The fraction of sp³-hybridized carbons (Fsp3) is 0.643. The molecule has 0 unspecified atom stereocenters. The molecule has 1 aromatic heterocycles. The van der Waals surface area contributed by atoms with Crippen molar-refractivity contribution in [3.8, 4) is 0 Å². The van der Waals surface area contributed by atoms with Gasteiger partial charge in [-0.3, -0.25) is 14.5 Å². The second-order valence-corrected chi connectivity index (χ2v) is 6.63. The minimum Gasteiger partial charge on any atom is -0.336 e. The molecule has 2 saturated heterocycles. The van der Waals surface area contributed by atoms with E-state index in [2.05, 4.69) is 26.8 Å². The summed E-state index contributed by atoms with van der Waals surface area (Å²) in [5, 5.41) is 0.528. The molecule has 0 radical (unpaired) electrons. The van der Waals surface area contributed by atoms with Crippen LogP contribution in [0.15, 0.2) is 16.1 Å². The summed E-state index contributed by atoms with van der Waals surface area (Å²) < 4.78 is 0. The number of hydrogen-bond donors (Lipinski definition) is 1. The van der Waals surface area contributed by atoms with Crippen LogP contribution in [0.25, 0.3) is 0 Å². The number of nitrogens with zero attached hydrogens (tertiary/aromatic N) is 4. The van der Waals surface area contributed by atoms with Crippen molar-refractivity contribution < 1.29 is 4.79 Å². The first-order valence-corrected chi connectivity index (χ1v) is 8.66. The summed E-state index contributed by atoms with van der Waals surface area (Å²) in [6.07, 6.45) is 3.23. The van der Waals surface area contributed by atoms with E-state index < -0.39 is 0 Å². The lowest BCUT2D eigenvalue weighted by atomic mass is 10.1. The maximum atomic E-state index is 12.6. The molecule has 3 heterocycles. The summed E-state index contributed by atoms with van der Waals surface area (Å²) in [7, 11) is 2.11. The predicted octanol–water partition coefficient (Wildman–Crippen LogP) is -0.436. The van der Waals surface area contributed by atoms with Crippen molar-refractivity contribution in [1.82, 2.24) is 24.7 Å². The number of carbonyl (C=O) groups is 1. The van der Waals surface area contributed by atoms with Gasteiger partial charge >= 0.3 is 0 Å². The lowest BCUT2D eigenvalue weighted by Gasteiger charge is -2.46. The van der Waals surface area contributed by atoms with Gasteiger partial charge in [0.05, 0.1) is 0 Å². The number of nitrogens with one attached hydrogen (secondary N) is 1. The molecule has 1 N–H and O–H groups in total. The molecule has 3 rings (SSSR count). The SMILES string of the molecule is CSc1ncc(C(=O)N2CCN3CCN(C)C[C@@H]3C2)c(=O)[nH]1. The van der Waals surface area contributed by atoms with Gasteiger partial charge in [-0.05, 0) is 13.3 Å². The Morgan fingerprint density at radius 2 is 2.09 bits per heavy atom. The highest BCUT2D eigenvalue weighted by Crippen LogP contribution is 2.16. The van der Waals surface area contributed by atoms with Crippen LogP contribution < -0.4 is 5.56 Å². The van der Waals surface area contributed by atoms with Gasteiger partial charge in [0.25, 0.3) is 11.5 Å². The summed E-state index contributed by atoms with van der Waals surface area (Å²) in [5.41, 5.74) is -0.219. The van der Waals surface area contributed by atoms with E-state index in [-0.39, 0.29) is 17.0 Å². The van der Waals surface area contributed by atoms with E-state index in [0.29, 0.717) is 24.3 Å². The smallest absolute Gasteiger partial charge is 0.264 e. The van der Waals surface area contributed by atoms with E-state index in [1.165, 1.54) is 18.0 Å². The number of carbonyl (C=O) groups excluding carboxylic acids is 1. The number of fused-ring (bicyclic) bond motifs is 1. The number of H-pyrrole nitrogens is 1. The lowest BCUT2D eigenvalue weighted by molar-refractivity contribution is 0.0188. The van der Waals surface area contributed by atoms with Gasteiger partial charge in [0.1, 0.15) is 5.56 Å². The normalized spacial score (nSPS) is 23.4. The highest BCUT2D eigenvalue weighted by atomic mass is 32.2. The monoisotopic (exact) mass is 323 g/mol. The molecule has 1 aromatic rings. The van der Waals surface area contributed by atoms with E-state index in [0.717, 1.165) is 26.2 Å². The van der Waals surface area contributed by atoms with E-state index >= 15 is 0 Å². The molecular weight excluding hydrogens is 302 g/mol. The van der Waals surface area contributed by atoms with Crippen LogP contribution in [0.4, 0.5) is 0 Å². The third kappa shape index (κ3) is 3.04. The first-order valence-electron chi connectivity index (χ1n) is 7.43. The Morgan fingerprint density at radius 3 is 2.82 bits per heavy atom. The van der Waals surface area contributed by atoms with E-state index in [1.54, 1.807) is 4.90 Å². The number of amides is 1. The number of thioether (sulfide) groups is 1. The highest BCUT2D eigenvalue weighted by molar-refractivity contribution is 7.98. The number of piperazine rings is 2. The van der Waals surface area contributed by atoms with Crippen LogP contribution in [0, 0.1) is 0 Å². The topological polar surface area (TPSA) is 72.5 Å². The summed E-state index contributed by atoms with van der Waals surface area (Å²) in [5.74, 6) is -0.214. The van der Waals surface area contributed by atoms with Crippen LogP contribution in [0.2, 0.25) is 0 Å². The fourth-order valence-electron chi connectivity index (χ4n) is 3.10. The maximum absolute atomic E-state index is 12.6. The maximum Gasteiger partial charge on any atom is 0.264 e. The molecule has 1 atom stereocenters. The van der Waals surface area contributed by atoms with Crippen molar-refractivity contribution in [3.63, 3.8) is 0 Å². The fourth-order valence-corrected chi connectivity index (χ4v) is 3.45. The Bertz CT molecular complexity index is 619. The van der Waals surface area contributed by atoms with Crippen molar-refractivity contribution in [2.75, 3.05) is 52.6 Å². The zero-order chi connectivity index (χ0) is 15.7. The molecule has 22 heavy (non-hydrogen) atoms. The minimum absolute atomic E-state index is 0.135. The van der Waals surface area contributed by atoms with E-state index in [4.69, 9.17) is 0 Å². The van der Waals surface area contributed by atoms with Crippen LogP contribution >= 0.6 is 11.8 Å². The molecule has 1 amide bonds. The largest absolute Gasteiger partial charge is 0.336 e. The summed E-state index contributed by atoms with van der Waals surface area (Å²) in [4.78, 5) is 37.9. The van der Waals surface area contributed by atoms with Crippen LogP contribution in [-0.2, 0) is 0 Å². The quantitative estimate of drug-likeness (QED) is 0.588. The van der Waals surface area contributed by atoms with Gasteiger partial charge in [-0.25, -0.2) is 4.98 Å². The summed E-state index contributed by atoms with van der Waals surface area (Å²) in [6.45, 7) is 5.30. The zero-order valence-electron chi connectivity index (χ0n) is 12.9. The molecule has 0 aromatic carbocycles. The molecule has 8 heteroatoms. The summed E-state index contributed by atoms with van der Waals surface area (Å²) >= 11 is 1.35. The zero-order valence-corrected chi connectivity index (χ0v) is 13.7. The molecule has 0 aliphatic carbocycles. The van der Waals surface area contributed by atoms with Crippen LogP contribution in [-0.4, -0.2) is 89.2 Å². The molecule has 2 fully saturated rings. The standard InChI is InChI=1S/C14H21N5O2S/c1-17-3-4-18-5-6-19(9-10(18)8-17)13(21)11-7-15-14(22-2)16-12(11)20/h7,10H,3-6,8-9H2,1-2H3,(H,15,16,20)/t10-/m1/s1. The minimum atomic E-state index is -0.354. The number of aromatic nitrogens is 2. The lowest BCUT2D eigenvalue weighted by Crippen LogP contribution is -2.62. The van der Waals surface area contributed by atoms with Crippen LogP contribution in [0.1, 0.15) is 10.4 Å². The molecule has 2 aliphatic rings. The van der Waals surface area contributed by atoms with Crippen molar-refractivity contribution in [1.29, 1.82) is 0 Å². The molecule has 2 aliphatic heterocycles. The molecular formula is C14H21N5O2S. The van der Waals surface area contributed by atoms with Crippen LogP contribution in [0.3, 0.4) is 0 Å². The average Bonchev–Trinajstić information content (AvgIpc) is 2.53. The van der Waals surface area contributed by atoms with Crippen molar-refractivity contribution in [2.24, 2.45) is 0 Å². The van der Waals surface area contributed by atoms with Crippen molar-refractivity contribution >= 4 is 17.7 Å². The molecule has 7 nitrogen and oxygen atoms in total. The Kier molecular flexibility index (Phi) is 4.51. The van der Waals surface area contributed by atoms with Crippen molar-refractivity contribution in [3.05, 3.63) is 22.1 Å². The second-order valence-electron chi connectivity index (χ2n) is 5.84. The summed E-state index contributed by atoms with van der Waals surface area (Å²) in [6, 6.07) is 0.356. The predicted molar refractivity (Wildman–Crippen MR) is 85.4 cm³/mol. The number of likely N-dealkylation sites (N-methyl/N-ethyl adjacent to an activating group) is 1. The van der Waals surface area contributed by atoms with Gasteiger partial charge in [0.15, 0.2) is 5.16 Å². The van der Waals surface area contributed by atoms with Gasteiger partial charge in [-0.1, -0.05) is 11.8 Å². The van der Waals surface area contributed by atoms with Crippen LogP contribution in [0.5, 0.6) is 0 Å². The molecule has 0 saturated carbocycles. The number of aromatic amines is 1. The Balaban J connectivity index is 1.74. The van der Waals surface area contributed by atoms with E-state index in [1.807, 2.05) is 6.26 Å². The average molecular weight is 323 g/mol. The molecule has 120 valence electrons. The van der Waals surface area contributed by atoms with Gasteiger partial charge in [0, 0.05) is 51.5 Å². The third-order valence-electron chi connectivity index (χ3n) is 4.38. The number of rotatable bonds is 2. The van der Waals surface area contributed by atoms with Gasteiger partial charge in [-0.2, -0.15) is 0 Å². The third-order valence-corrected chi connectivity index (χ3v) is 4.98. The van der Waals surface area contributed by atoms with Gasteiger partial charge < -0.3 is 14.8 Å². The Morgan fingerprint density at radius 1 is 1.32 bits per heavy atom. The highest BCUT2D eigenvalue weighted by Gasteiger charge is 2.33. The number of hydrogen-bond acceptors (Lipinski definition) is 6. The van der Waals surface area contributed by atoms with Crippen molar-refractivity contribution in [2.45, 2.75) is 11.2 Å². The van der Waals surface area contributed by atoms with E-state index in [9.17, 15) is 9.59 Å². The first-order chi connectivity index (χ1) is 10.6. The Hall–Kier alpha value is -1.38. The molecule has 0 spiro atoms. The molecule has 0 bridgehead atoms. The van der Waals surface area contributed by atoms with Gasteiger partial charge in [0.2, 0.25) is 0 Å². The van der Waals surface area contributed by atoms with Gasteiger partial charge in [-0.15, -0.1) is 0 Å².